The van der Waals surface area contributed by atoms with E-state index in [-0.39, 0.29) is 17.0 Å². The van der Waals surface area contributed by atoms with Gasteiger partial charge in [-0.25, -0.2) is 4.68 Å². The molecule has 1 aliphatic heterocycles. The number of nitrogens with one attached hydrogen (secondary N) is 2. The molecule has 1 unspecified atom stereocenters. The number of nitrogen functional groups attached to an aromatic ring is 1. The summed E-state index contributed by atoms with van der Waals surface area (Å²) < 4.78 is 6.28. The number of anilines is 1. The molecular formula is C10H13N5O6. The minimum Gasteiger partial charge on any atom is -0.394 e. The molecule has 0 spiro atoms. The van der Waals surface area contributed by atoms with Gasteiger partial charge in [0, 0.05) is 0 Å². The molecule has 114 valence electrons. The number of hydrogen-bond acceptors (Lipinski definition) is 8. The van der Waals surface area contributed by atoms with Gasteiger partial charge in [0.1, 0.15) is 18.3 Å². The first-order valence-corrected chi connectivity index (χ1v) is 6.06. The Morgan fingerprint density at radius 1 is 1.29 bits per heavy atom. The first-order chi connectivity index (χ1) is 9.93. The number of nitrogens with zero attached hydrogens (tertiary/aromatic N) is 2. The zero-order valence-corrected chi connectivity index (χ0v) is 10.6. The number of ether oxygens (including phenoxy) is 1. The monoisotopic (exact) mass is 299 g/mol. The molecule has 2 aromatic heterocycles. The third-order valence-electron chi connectivity index (χ3n) is 3.37. The van der Waals surface area contributed by atoms with Crippen molar-refractivity contribution in [2.45, 2.75) is 24.5 Å². The molecule has 1 fully saturated rings. The zero-order valence-electron chi connectivity index (χ0n) is 10.6. The average molecular weight is 299 g/mol. The normalized spacial score (nSPS) is 29.3. The summed E-state index contributed by atoms with van der Waals surface area (Å²) in [5, 5.41) is 30.8. The van der Waals surface area contributed by atoms with Crippen LogP contribution in [0.5, 0.6) is 0 Å². The van der Waals surface area contributed by atoms with Crippen LogP contribution in [0.1, 0.15) is 6.23 Å². The molecule has 11 nitrogen and oxygen atoms in total. The summed E-state index contributed by atoms with van der Waals surface area (Å²) in [5.41, 5.74) is 3.84. The third kappa shape index (κ3) is 1.94. The number of aromatic nitrogens is 4. The molecule has 7 N–H and O–H groups in total. The molecule has 4 atom stereocenters. The topological polar surface area (TPSA) is 179 Å². The SMILES string of the molecule is Nc1nc2c(c(=O)[nH]1)c(=O)[nH]n2C1O[C@H](CO)[C@@H](O)[C@H]1O. The standard InChI is InChI=1S/C10H13N5O6/c11-10-12-6-3(7(19)13-10)8(20)14-15(6)9-5(18)4(17)2(1-16)21-9/h2,4-5,9,16-18H,1H2,(H,14,20)(H3,11,12,13,19)/t2-,4-,5-,9?/m1/s1. The van der Waals surface area contributed by atoms with Crippen molar-refractivity contribution in [2.24, 2.45) is 0 Å². The Bertz CT molecular complexity index is 793. The van der Waals surface area contributed by atoms with Gasteiger partial charge in [-0.15, -0.1) is 0 Å². The highest BCUT2D eigenvalue weighted by molar-refractivity contribution is 5.74. The van der Waals surface area contributed by atoms with E-state index in [1.165, 1.54) is 0 Å². The van der Waals surface area contributed by atoms with E-state index in [4.69, 9.17) is 15.6 Å². The van der Waals surface area contributed by atoms with E-state index in [0.717, 1.165) is 4.68 Å². The van der Waals surface area contributed by atoms with Crippen molar-refractivity contribution in [1.82, 2.24) is 19.7 Å². The fraction of sp³-hybridized carbons (Fsp3) is 0.500. The van der Waals surface area contributed by atoms with Crippen molar-refractivity contribution in [3.63, 3.8) is 0 Å². The van der Waals surface area contributed by atoms with E-state index in [0.29, 0.717) is 0 Å². The second-order valence-corrected chi connectivity index (χ2v) is 4.69. The number of nitrogens with two attached hydrogens (primary N) is 1. The summed E-state index contributed by atoms with van der Waals surface area (Å²) in [6, 6.07) is 0. The Hall–Kier alpha value is -2.21. The quantitative estimate of drug-likeness (QED) is 0.332. The maximum absolute atomic E-state index is 11.8. The molecule has 0 aliphatic carbocycles. The van der Waals surface area contributed by atoms with Crippen LogP contribution in [0.4, 0.5) is 5.95 Å². The summed E-state index contributed by atoms with van der Waals surface area (Å²) in [6.45, 7) is -0.520. The van der Waals surface area contributed by atoms with Crippen molar-refractivity contribution < 1.29 is 20.1 Å². The van der Waals surface area contributed by atoms with Crippen LogP contribution in [-0.4, -0.2) is 60.0 Å². The van der Waals surface area contributed by atoms with Crippen LogP contribution in [-0.2, 0) is 4.74 Å². The molecule has 1 aliphatic rings. The van der Waals surface area contributed by atoms with Gasteiger partial charge in [-0.2, -0.15) is 4.98 Å². The molecule has 3 rings (SSSR count). The van der Waals surface area contributed by atoms with Crippen LogP contribution < -0.4 is 16.9 Å². The van der Waals surface area contributed by atoms with Gasteiger partial charge in [-0.05, 0) is 0 Å². The number of fused-ring (bicyclic) bond motifs is 1. The van der Waals surface area contributed by atoms with Crippen molar-refractivity contribution in [2.75, 3.05) is 12.3 Å². The van der Waals surface area contributed by atoms with E-state index in [1.54, 1.807) is 0 Å². The molecule has 0 amide bonds. The molecule has 3 heterocycles. The zero-order chi connectivity index (χ0) is 15.3. The fourth-order valence-electron chi connectivity index (χ4n) is 2.35. The molecule has 0 bridgehead atoms. The summed E-state index contributed by atoms with van der Waals surface area (Å²) >= 11 is 0. The van der Waals surface area contributed by atoms with E-state index in [1.807, 2.05) is 0 Å². The van der Waals surface area contributed by atoms with Gasteiger partial charge in [0.2, 0.25) is 5.95 Å². The molecule has 0 aromatic carbocycles. The number of aliphatic hydroxyl groups excluding tert-OH is 3. The maximum atomic E-state index is 11.8. The number of H-pyrrole nitrogens is 2. The lowest BCUT2D eigenvalue weighted by Crippen LogP contribution is -2.33. The van der Waals surface area contributed by atoms with Crippen molar-refractivity contribution >= 4 is 17.0 Å². The van der Waals surface area contributed by atoms with Crippen molar-refractivity contribution in [1.29, 1.82) is 0 Å². The molecule has 2 aromatic rings. The smallest absolute Gasteiger partial charge is 0.279 e. The number of rotatable bonds is 2. The summed E-state index contributed by atoms with van der Waals surface area (Å²) in [5.74, 6) is -0.216. The van der Waals surface area contributed by atoms with Gasteiger partial charge in [0.05, 0.1) is 6.61 Å². The number of hydrogen-bond donors (Lipinski definition) is 6. The summed E-state index contributed by atoms with van der Waals surface area (Å²) in [4.78, 5) is 29.5. The first kappa shape index (κ1) is 13.8. The Kier molecular flexibility index (Phi) is 3.06. The van der Waals surface area contributed by atoms with Crippen molar-refractivity contribution in [3.05, 3.63) is 20.7 Å². The van der Waals surface area contributed by atoms with Gasteiger partial charge in [-0.1, -0.05) is 0 Å². The van der Waals surface area contributed by atoms with Gasteiger partial charge in [0.15, 0.2) is 17.3 Å². The Morgan fingerprint density at radius 3 is 2.62 bits per heavy atom. The van der Waals surface area contributed by atoms with Crippen LogP contribution >= 0.6 is 0 Å². The second kappa shape index (κ2) is 4.66. The molecule has 11 heteroatoms. The predicted molar refractivity (Wildman–Crippen MR) is 68.4 cm³/mol. The number of aromatic amines is 2. The maximum Gasteiger partial charge on any atom is 0.279 e. The highest BCUT2D eigenvalue weighted by Gasteiger charge is 2.44. The van der Waals surface area contributed by atoms with Gasteiger partial charge in [-0.3, -0.25) is 19.7 Å². The van der Waals surface area contributed by atoms with Crippen LogP contribution in [0.3, 0.4) is 0 Å². The van der Waals surface area contributed by atoms with Crippen LogP contribution in [0.2, 0.25) is 0 Å². The van der Waals surface area contributed by atoms with E-state index in [2.05, 4.69) is 15.1 Å². The minimum absolute atomic E-state index is 0.115. The molecular weight excluding hydrogens is 286 g/mol. The van der Waals surface area contributed by atoms with E-state index in [9.17, 15) is 19.8 Å². The van der Waals surface area contributed by atoms with Crippen molar-refractivity contribution in [3.8, 4) is 0 Å². The Labute approximate surface area is 115 Å². The summed E-state index contributed by atoms with van der Waals surface area (Å²) in [6.07, 6.45) is -5.00. The van der Waals surface area contributed by atoms with Crippen LogP contribution in [0.25, 0.3) is 11.0 Å². The second-order valence-electron chi connectivity index (χ2n) is 4.69. The molecule has 1 saturated heterocycles. The molecule has 21 heavy (non-hydrogen) atoms. The number of aliphatic hydroxyl groups is 3. The highest BCUT2D eigenvalue weighted by atomic mass is 16.6. The lowest BCUT2D eigenvalue weighted by atomic mass is 10.1. The minimum atomic E-state index is -1.42. The average Bonchev–Trinajstić information content (AvgIpc) is 2.89. The van der Waals surface area contributed by atoms with Gasteiger partial charge >= 0.3 is 0 Å². The highest BCUT2D eigenvalue weighted by Crippen LogP contribution is 2.29. The molecule has 0 saturated carbocycles. The third-order valence-corrected chi connectivity index (χ3v) is 3.37. The fourth-order valence-corrected chi connectivity index (χ4v) is 2.35. The largest absolute Gasteiger partial charge is 0.394 e. The predicted octanol–water partition coefficient (Wildman–Crippen LogP) is -3.39. The van der Waals surface area contributed by atoms with Crippen LogP contribution in [0.15, 0.2) is 9.59 Å². The van der Waals surface area contributed by atoms with Gasteiger partial charge < -0.3 is 25.8 Å². The Morgan fingerprint density at radius 2 is 2.00 bits per heavy atom. The first-order valence-electron chi connectivity index (χ1n) is 6.06. The lowest BCUT2D eigenvalue weighted by Gasteiger charge is -2.16. The van der Waals surface area contributed by atoms with E-state index >= 15 is 0 Å². The van der Waals surface area contributed by atoms with E-state index < -0.39 is 42.3 Å². The Balaban J connectivity index is 2.18. The lowest BCUT2D eigenvalue weighted by molar-refractivity contribution is -0.0568. The summed E-state index contributed by atoms with van der Waals surface area (Å²) in [7, 11) is 0. The van der Waals surface area contributed by atoms with Gasteiger partial charge in [0.25, 0.3) is 11.1 Å². The van der Waals surface area contributed by atoms with Crippen LogP contribution in [0, 0.1) is 0 Å². The molecule has 0 radical (unpaired) electrons.